The largest absolute Gasteiger partial charge is 0.352 e. The predicted molar refractivity (Wildman–Crippen MR) is 101 cm³/mol. The highest BCUT2D eigenvalue weighted by molar-refractivity contribution is 5.94. The van der Waals surface area contributed by atoms with Gasteiger partial charge in [-0.15, -0.1) is 0 Å². The molecule has 0 atom stereocenters. The van der Waals surface area contributed by atoms with Gasteiger partial charge in [0.1, 0.15) is 0 Å². The molecule has 0 unspecified atom stereocenters. The summed E-state index contributed by atoms with van der Waals surface area (Å²) in [5.74, 6) is 1.97. The van der Waals surface area contributed by atoms with Crippen LogP contribution in [0.2, 0.25) is 0 Å². The molecule has 0 radical (unpaired) electrons. The maximum absolute atomic E-state index is 12.4. The molecule has 0 aromatic heterocycles. The lowest BCUT2D eigenvalue weighted by atomic mass is 9.53. The minimum atomic E-state index is -0.351. The Morgan fingerprint density at radius 3 is 2.11 bits per heavy atom. The fraction of sp³-hybridized carbons (Fsp3) is 0.850. The van der Waals surface area contributed by atoms with Crippen molar-refractivity contribution in [3.05, 3.63) is 0 Å². The molecule has 0 spiro atoms. The highest BCUT2D eigenvalue weighted by Crippen LogP contribution is 2.55. The molecule has 7 heteroatoms. The molecule has 27 heavy (non-hydrogen) atoms. The number of likely N-dealkylation sites (N-methyl/N-ethyl adjacent to an activating group) is 1. The molecule has 0 saturated heterocycles. The lowest BCUT2D eigenvalue weighted by molar-refractivity contribution is -0.123. The van der Waals surface area contributed by atoms with Crippen LogP contribution in [0, 0.1) is 17.8 Å². The lowest BCUT2D eigenvalue weighted by Crippen LogP contribution is -2.61. The van der Waals surface area contributed by atoms with E-state index in [2.05, 4.69) is 16.0 Å². The van der Waals surface area contributed by atoms with Crippen LogP contribution in [0.3, 0.4) is 0 Å². The van der Waals surface area contributed by atoms with Gasteiger partial charge < -0.3 is 10.6 Å². The van der Waals surface area contributed by atoms with Gasteiger partial charge in [0, 0.05) is 24.5 Å². The van der Waals surface area contributed by atoms with E-state index >= 15 is 0 Å². The third-order valence-corrected chi connectivity index (χ3v) is 6.75. The van der Waals surface area contributed by atoms with E-state index in [1.165, 1.54) is 19.3 Å². The van der Waals surface area contributed by atoms with Crippen molar-refractivity contribution in [1.82, 2.24) is 20.9 Å². The van der Waals surface area contributed by atoms with Crippen LogP contribution >= 0.6 is 0 Å². The minimum absolute atomic E-state index is 0.0000301. The third kappa shape index (κ3) is 4.81. The molecule has 5 saturated carbocycles. The monoisotopic (exact) mass is 376 g/mol. The van der Waals surface area contributed by atoms with Gasteiger partial charge in [-0.25, -0.2) is 4.79 Å². The highest BCUT2D eigenvalue weighted by atomic mass is 16.2. The Labute approximate surface area is 161 Å². The topological polar surface area (TPSA) is 90.5 Å². The first-order valence-corrected chi connectivity index (χ1v) is 10.5. The van der Waals surface area contributed by atoms with Gasteiger partial charge in [0.2, 0.25) is 11.8 Å². The first-order chi connectivity index (χ1) is 12.9. The van der Waals surface area contributed by atoms with Crippen molar-refractivity contribution in [2.24, 2.45) is 17.8 Å². The molecule has 4 amide bonds. The van der Waals surface area contributed by atoms with Crippen molar-refractivity contribution in [3.8, 4) is 0 Å². The van der Waals surface area contributed by atoms with Gasteiger partial charge in [0.15, 0.2) is 0 Å². The van der Waals surface area contributed by atoms with Crippen molar-refractivity contribution in [2.45, 2.75) is 69.4 Å². The number of urea groups is 1. The number of carbonyl (C=O) groups excluding carboxylic acids is 3. The Kier molecular flexibility index (Phi) is 5.14. The maximum atomic E-state index is 12.4. The predicted octanol–water partition coefficient (Wildman–Crippen LogP) is 1.38. The van der Waals surface area contributed by atoms with E-state index in [0.717, 1.165) is 49.9 Å². The van der Waals surface area contributed by atoms with Crippen molar-refractivity contribution >= 4 is 17.8 Å². The van der Waals surface area contributed by atoms with E-state index in [4.69, 9.17) is 0 Å². The van der Waals surface area contributed by atoms with Crippen LogP contribution in [0.5, 0.6) is 0 Å². The molecule has 7 nitrogen and oxygen atoms in total. The molecular weight excluding hydrogens is 344 g/mol. The Hall–Kier alpha value is -1.63. The molecule has 5 rings (SSSR count). The second-order valence-corrected chi connectivity index (χ2v) is 9.53. The molecule has 150 valence electrons. The van der Waals surface area contributed by atoms with E-state index in [1.807, 2.05) is 11.9 Å². The number of carbonyl (C=O) groups is 3. The summed E-state index contributed by atoms with van der Waals surface area (Å²) in [5.41, 5.74) is -0.0865. The molecule has 0 heterocycles. The number of rotatable bonds is 7. The minimum Gasteiger partial charge on any atom is -0.352 e. The Morgan fingerprint density at radius 1 is 0.963 bits per heavy atom. The molecule has 0 aromatic rings. The van der Waals surface area contributed by atoms with Crippen molar-refractivity contribution in [1.29, 1.82) is 0 Å². The van der Waals surface area contributed by atoms with E-state index in [-0.39, 0.29) is 36.3 Å². The van der Waals surface area contributed by atoms with E-state index < -0.39 is 0 Å². The Morgan fingerprint density at radius 2 is 1.56 bits per heavy atom. The van der Waals surface area contributed by atoms with E-state index in [1.54, 1.807) is 0 Å². The van der Waals surface area contributed by atoms with Gasteiger partial charge in [0.05, 0.1) is 6.54 Å². The van der Waals surface area contributed by atoms with Crippen LogP contribution in [0.1, 0.15) is 57.8 Å². The molecule has 0 aromatic carbocycles. The first-order valence-electron chi connectivity index (χ1n) is 10.5. The van der Waals surface area contributed by atoms with Crippen LogP contribution in [-0.4, -0.2) is 54.5 Å². The summed E-state index contributed by atoms with van der Waals surface area (Å²) in [6.45, 7) is 0.734. The summed E-state index contributed by atoms with van der Waals surface area (Å²) in [6, 6.07) is -0.00134. The van der Waals surface area contributed by atoms with Gasteiger partial charge in [-0.05, 0) is 76.2 Å². The third-order valence-electron chi connectivity index (χ3n) is 6.75. The van der Waals surface area contributed by atoms with E-state index in [9.17, 15) is 14.4 Å². The van der Waals surface area contributed by atoms with Gasteiger partial charge >= 0.3 is 6.03 Å². The number of amides is 4. The molecule has 3 N–H and O–H groups in total. The zero-order valence-corrected chi connectivity index (χ0v) is 16.3. The summed E-state index contributed by atoms with van der Waals surface area (Å²) in [4.78, 5) is 38.1. The highest BCUT2D eigenvalue weighted by Gasteiger charge is 2.51. The molecule has 5 fully saturated rings. The maximum Gasteiger partial charge on any atom is 0.321 e. The summed E-state index contributed by atoms with van der Waals surface area (Å²) < 4.78 is 0. The first kappa shape index (κ1) is 18.7. The smallest absolute Gasteiger partial charge is 0.321 e. The SMILES string of the molecule is CN(CCC(=O)NC(=O)NC12CC3CC(CC(C3)C1)C2)CC(=O)NC1CC1. The summed E-state index contributed by atoms with van der Waals surface area (Å²) >= 11 is 0. The van der Waals surface area contributed by atoms with Crippen LogP contribution in [0.25, 0.3) is 0 Å². The fourth-order valence-electron chi connectivity index (χ4n) is 5.84. The summed E-state index contributed by atoms with van der Waals surface area (Å²) in [5, 5.41) is 8.58. The quantitative estimate of drug-likeness (QED) is 0.626. The van der Waals surface area contributed by atoms with Gasteiger partial charge in [-0.3, -0.25) is 19.8 Å². The standard InChI is InChI=1S/C20H32N4O3/c1-24(12-18(26)21-16-2-3-16)5-4-17(25)22-19(27)23-20-9-13-6-14(10-20)8-15(7-13)11-20/h13-16H,2-12H2,1H3,(H,21,26)(H2,22,23,25,27). The second kappa shape index (κ2) is 7.41. The average Bonchev–Trinajstić information content (AvgIpc) is 3.34. The molecule has 0 aliphatic heterocycles. The van der Waals surface area contributed by atoms with Crippen molar-refractivity contribution < 1.29 is 14.4 Å². The van der Waals surface area contributed by atoms with Crippen LogP contribution in [0.4, 0.5) is 4.79 Å². The molecule has 5 aliphatic carbocycles. The van der Waals surface area contributed by atoms with Gasteiger partial charge in [-0.1, -0.05) is 0 Å². The van der Waals surface area contributed by atoms with Gasteiger partial charge in [0.25, 0.3) is 0 Å². The van der Waals surface area contributed by atoms with E-state index in [0.29, 0.717) is 12.6 Å². The summed E-state index contributed by atoms with van der Waals surface area (Å²) in [6.07, 6.45) is 9.51. The summed E-state index contributed by atoms with van der Waals surface area (Å²) in [7, 11) is 1.81. The molecular formula is C20H32N4O3. The molecule has 5 aliphatic rings. The normalized spacial score (nSPS) is 33.8. The number of hydrogen-bond donors (Lipinski definition) is 3. The number of nitrogens with zero attached hydrogens (tertiary/aromatic N) is 1. The van der Waals surface area contributed by atoms with Crippen molar-refractivity contribution in [3.63, 3.8) is 0 Å². The Balaban J connectivity index is 1.17. The van der Waals surface area contributed by atoms with Gasteiger partial charge in [-0.2, -0.15) is 0 Å². The van der Waals surface area contributed by atoms with Crippen molar-refractivity contribution in [2.75, 3.05) is 20.1 Å². The number of hydrogen-bond acceptors (Lipinski definition) is 4. The zero-order valence-electron chi connectivity index (χ0n) is 16.3. The van der Waals surface area contributed by atoms with Crippen LogP contribution < -0.4 is 16.0 Å². The second-order valence-electron chi connectivity index (χ2n) is 9.53. The Bertz CT molecular complexity index is 581. The number of imide groups is 1. The average molecular weight is 377 g/mol. The zero-order chi connectivity index (χ0) is 19.0. The fourth-order valence-corrected chi connectivity index (χ4v) is 5.84. The molecule has 4 bridgehead atoms. The van der Waals surface area contributed by atoms with Crippen LogP contribution in [-0.2, 0) is 9.59 Å². The number of nitrogens with one attached hydrogen (secondary N) is 3. The van der Waals surface area contributed by atoms with Crippen LogP contribution in [0.15, 0.2) is 0 Å². The lowest BCUT2D eigenvalue weighted by Gasteiger charge is -2.56.